The SMILES string of the molecule is C=CC1(O)CC2C1CCN2C(C)[C@H](O)c1ccnc2ccc(OC)cc12. The number of methoxy groups -OCH3 is 1. The van der Waals surface area contributed by atoms with Gasteiger partial charge in [0.1, 0.15) is 5.75 Å². The van der Waals surface area contributed by atoms with Gasteiger partial charge in [-0.15, -0.1) is 6.58 Å². The summed E-state index contributed by atoms with van der Waals surface area (Å²) in [5.41, 5.74) is 0.975. The molecule has 4 unspecified atom stereocenters. The minimum Gasteiger partial charge on any atom is -0.497 e. The number of ether oxygens (including phenoxy) is 1. The molecule has 0 bridgehead atoms. The van der Waals surface area contributed by atoms with Crippen LogP contribution in [0.1, 0.15) is 31.4 Å². The van der Waals surface area contributed by atoms with Crippen LogP contribution < -0.4 is 4.74 Å². The predicted octanol–water partition coefficient (Wildman–Crippen LogP) is 2.68. The summed E-state index contributed by atoms with van der Waals surface area (Å²) in [6.45, 7) is 6.73. The molecule has 1 aromatic carbocycles. The first kappa shape index (κ1) is 17.5. The van der Waals surface area contributed by atoms with E-state index in [0.717, 1.165) is 35.2 Å². The average Bonchev–Trinajstić information content (AvgIpc) is 3.03. The molecule has 0 amide bonds. The van der Waals surface area contributed by atoms with E-state index < -0.39 is 11.7 Å². The van der Waals surface area contributed by atoms with Crippen molar-refractivity contribution in [2.75, 3.05) is 13.7 Å². The molecule has 1 saturated heterocycles. The molecular weight excluding hydrogens is 328 g/mol. The summed E-state index contributed by atoms with van der Waals surface area (Å²) in [7, 11) is 1.64. The first-order valence-corrected chi connectivity index (χ1v) is 9.21. The molecule has 0 spiro atoms. The molecule has 2 fully saturated rings. The van der Waals surface area contributed by atoms with Crippen molar-refractivity contribution in [2.24, 2.45) is 5.92 Å². The van der Waals surface area contributed by atoms with E-state index in [2.05, 4.69) is 23.4 Å². The highest BCUT2D eigenvalue weighted by molar-refractivity contribution is 5.83. The normalized spacial score (nSPS) is 30.5. The van der Waals surface area contributed by atoms with Gasteiger partial charge in [0.05, 0.1) is 24.3 Å². The lowest BCUT2D eigenvalue weighted by Crippen LogP contribution is -2.59. The third kappa shape index (κ3) is 2.54. The molecule has 1 aromatic heterocycles. The summed E-state index contributed by atoms with van der Waals surface area (Å²) in [6, 6.07) is 7.88. The van der Waals surface area contributed by atoms with Gasteiger partial charge in [0.25, 0.3) is 0 Å². The minimum absolute atomic E-state index is 0.0452. The van der Waals surface area contributed by atoms with Crippen LogP contribution in [0.25, 0.3) is 10.9 Å². The maximum absolute atomic E-state index is 11.1. The largest absolute Gasteiger partial charge is 0.497 e. The summed E-state index contributed by atoms with van der Waals surface area (Å²) in [5, 5.41) is 22.6. The molecule has 5 atom stereocenters. The Morgan fingerprint density at radius 1 is 1.42 bits per heavy atom. The smallest absolute Gasteiger partial charge is 0.119 e. The second-order valence-electron chi connectivity index (χ2n) is 7.57. The highest BCUT2D eigenvalue weighted by Gasteiger charge is 2.57. The van der Waals surface area contributed by atoms with Crippen molar-refractivity contribution in [3.63, 3.8) is 0 Å². The summed E-state index contributed by atoms with van der Waals surface area (Å²) in [4.78, 5) is 6.73. The van der Waals surface area contributed by atoms with Gasteiger partial charge in [0.2, 0.25) is 0 Å². The zero-order valence-corrected chi connectivity index (χ0v) is 15.3. The maximum Gasteiger partial charge on any atom is 0.119 e. The number of pyridine rings is 1. The zero-order chi connectivity index (χ0) is 18.5. The number of benzene rings is 1. The van der Waals surface area contributed by atoms with Crippen molar-refractivity contribution >= 4 is 10.9 Å². The van der Waals surface area contributed by atoms with Gasteiger partial charge in [-0.3, -0.25) is 9.88 Å². The van der Waals surface area contributed by atoms with Gasteiger partial charge in [0, 0.05) is 29.6 Å². The summed E-state index contributed by atoms with van der Waals surface area (Å²) in [5.74, 6) is 0.979. The van der Waals surface area contributed by atoms with Crippen molar-refractivity contribution < 1.29 is 14.9 Å². The highest BCUT2D eigenvalue weighted by atomic mass is 16.5. The minimum atomic E-state index is -0.735. The van der Waals surface area contributed by atoms with Crippen molar-refractivity contribution in [3.05, 3.63) is 48.7 Å². The van der Waals surface area contributed by atoms with Crippen LogP contribution in [0.5, 0.6) is 5.75 Å². The van der Waals surface area contributed by atoms with E-state index in [0.29, 0.717) is 12.5 Å². The zero-order valence-electron chi connectivity index (χ0n) is 15.3. The third-order valence-corrected chi connectivity index (χ3v) is 6.40. The molecule has 2 aromatic rings. The lowest BCUT2D eigenvalue weighted by molar-refractivity contribution is -0.0996. The fourth-order valence-corrected chi connectivity index (χ4v) is 4.76. The second-order valence-corrected chi connectivity index (χ2v) is 7.57. The summed E-state index contributed by atoms with van der Waals surface area (Å²) in [6.07, 6.45) is 4.43. The van der Waals surface area contributed by atoms with Gasteiger partial charge >= 0.3 is 0 Å². The van der Waals surface area contributed by atoms with Crippen molar-refractivity contribution in [1.82, 2.24) is 9.88 Å². The molecule has 138 valence electrons. The van der Waals surface area contributed by atoms with Gasteiger partial charge in [-0.1, -0.05) is 6.08 Å². The Balaban J connectivity index is 1.61. The van der Waals surface area contributed by atoms with Crippen LogP contribution in [0, 0.1) is 5.92 Å². The number of rotatable bonds is 5. The Morgan fingerprint density at radius 2 is 2.23 bits per heavy atom. The van der Waals surface area contributed by atoms with E-state index in [4.69, 9.17) is 4.74 Å². The molecule has 1 aliphatic carbocycles. The maximum atomic E-state index is 11.1. The number of aliphatic hydroxyl groups excluding tert-OH is 1. The number of nitrogens with zero attached hydrogens (tertiary/aromatic N) is 2. The van der Waals surface area contributed by atoms with E-state index in [9.17, 15) is 10.2 Å². The molecule has 0 radical (unpaired) electrons. The molecule has 5 nitrogen and oxygen atoms in total. The monoisotopic (exact) mass is 354 g/mol. The van der Waals surface area contributed by atoms with Crippen LogP contribution >= 0.6 is 0 Å². The quantitative estimate of drug-likeness (QED) is 0.808. The van der Waals surface area contributed by atoms with Gasteiger partial charge < -0.3 is 14.9 Å². The first-order valence-electron chi connectivity index (χ1n) is 9.21. The fourth-order valence-electron chi connectivity index (χ4n) is 4.76. The Morgan fingerprint density at radius 3 is 2.96 bits per heavy atom. The van der Waals surface area contributed by atoms with E-state index in [1.807, 2.05) is 24.3 Å². The number of hydrogen-bond acceptors (Lipinski definition) is 5. The number of aromatic nitrogens is 1. The van der Waals surface area contributed by atoms with Crippen LogP contribution in [0.2, 0.25) is 0 Å². The second kappa shape index (κ2) is 6.34. The molecule has 2 heterocycles. The Bertz CT molecular complexity index is 839. The first-order chi connectivity index (χ1) is 12.5. The molecule has 1 aliphatic heterocycles. The lowest BCUT2D eigenvalue weighted by Gasteiger charge is -2.50. The van der Waals surface area contributed by atoms with E-state index >= 15 is 0 Å². The summed E-state index contributed by atoms with van der Waals surface area (Å²) >= 11 is 0. The number of hydrogen-bond donors (Lipinski definition) is 2. The van der Waals surface area contributed by atoms with Crippen LogP contribution in [-0.4, -0.2) is 51.4 Å². The standard InChI is InChI=1S/C21H26N2O3/c1-4-21(25)12-19-17(21)8-10-23(19)13(2)20(24)15-7-9-22-18-6-5-14(26-3)11-16(15)18/h4-7,9,11,13,17,19-20,24-25H,1,8,10,12H2,2-3H3/t13?,17?,19?,20-,21?/m0/s1. The van der Waals surface area contributed by atoms with Crippen LogP contribution in [0.3, 0.4) is 0 Å². The number of aliphatic hydroxyl groups is 2. The van der Waals surface area contributed by atoms with Crippen LogP contribution in [-0.2, 0) is 0 Å². The molecule has 4 rings (SSSR count). The molecule has 2 aliphatic rings. The number of likely N-dealkylation sites (tertiary alicyclic amines) is 1. The average molecular weight is 354 g/mol. The predicted molar refractivity (Wildman–Crippen MR) is 101 cm³/mol. The Labute approximate surface area is 153 Å². The van der Waals surface area contributed by atoms with Gasteiger partial charge in [-0.25, -0.2) is 0 Å². The molecule has 5 heteroatoms. The van der Waals surface area contributed by atoms with Gasteiger partial charge in [-0.2, -0.15) is 0 Å². The van der Waals surface area contributed by atoms with Crippen LogP contribution in [0.15, 0.2) is 43.1 Å². The van der Waals surface area contributed by atoms with Crippen molar-refractivity contribution in [3.8, 4) is 5.75 Å². The molecule has 26 heavy (non-hydrogen) atoms. The van der Waals surface area contributed by atoms with E-state index in [-0.39, 0.29) is 12.0 Å². The van der Waals surface area contributed by atoms with Crippen LogP contribution in [0.4, 0.5) is 0 Å². The highest BCUT2D eigenvalue weighted by Crippen LogP contribution is 2.50. The Hall–Kier alpha value is -1.95. The van der Waals surface area contributed by atoms with Gasteiger partial charge in [-0.05, 0) is 56.1 Å². The third-order valence-electron chi connectivity index (χ3n) is 6.40. The van der Waals surface area contributed by atoms with E-state index in [1.54, 1.807) is 19.4 Å². The number of fused-ring (bicyclic) bond motifs is 2. The molecule has 2 N–H and O–H groups in total. The lowest BCUT2D eigenvalue weighted by atomic mass is 9.65. The summed E-state index contributed by atoms with van der Waals surface area (Å²) < 4.78 is 5.34. The molecular formula is C21H26N2O3. The van der Waals surface area contributed by atoms with Gasteiger partial charge in [0.15, 0.2) is 0 Å². The topological polar surface area (TPSA) is 65.8 Å². The fraction of sp³-hybridized carbons (Fsp3) is 0.476. The van der Waals surface area contributed by atoms with Crippen molar-refractivity contribution in [2.45, 2.75) is 43.6 Å². The van der Waals surface area contributed by atoms with Crippen molar-refractivity contribution in [1.29, 1.82) is 0 Å². The molecule has 1 saturated carbocycles. The Kier molecular flexibility index (Phi) is 4.26. The van der Waals surface area contributed by atoms with E-state index in [1.165, 1.54) is 0 Å².